The summed E-state index contributed by atoms with van der Waals surface area (Å²) < 4.78 is 0. The van der Waals surface area contributed by atoms with Crippen LogP contribution in [-0.2, 0) is 9.59 Å². The zero-order valence-corrected chi connectivity index (χ0v) is 12.0. The van der Waals surface area contributed by atoms with E-state index in [1.54, 1.807) is 0 Å². The average molecular weight is 298 g/mol. The molecule has 1 saturated heterocycles. The van der Waals surface area contributed by atoms with Crippen LogP contribution in [0.2, 0.25) is 0 Å². The summed E-state index contributed by atoms with van der Waals surface area (Å²) in [6.45, 7) is 0.876. The maximum atomic E-state index is 11.8. The number of nitrogens with one attached hydrogen (secondary N) is 3. The molecule has 20 heavy (non-hydrogen) atoms. The quantitative estimate of drug-likeness (QED) is 0.785. The van der Waals surface area contributed by atoms with Gasteiger partial charge in [-0.1, -0.05) is 18.2 Å². The Hall–Kier alpha value is -1.75. The van der Waals surface area contributed by atoms with E-state index in [0.717, 1.165) is 18.5 Å². The number of carbonyl (C=O) groups is 2. The minimum atomic E-state index is -0.396. The van der Waals surface area contributed by atoms with Crippen LogP contribution in [0, 0.1) is 0 Å². The number of anilines is 1. The largest absolute Gasteiger partial charge is 0.376 e. The van der Waals surface area contributed by atoms with Gasteiger partial charge in [-0.3, -0.25) is 9.59 Å². The van der Waals surface area contributed by atoms with E-state index < -0.39 is 6.04 Å². The fraction of sp³-hybridized carbons (Fsp3) is 0.429. The van der Waals surface area contributed by atoms with E-state index in [1.807, 2.05) is 30.3 Å². The number of carbonyl (C=O) groups excluding carboxylic acids is 2. The average Bonchev–Trinajstić information content (AvgIpc) is 2.63. The summed E-state index contributed by atoms with van der Waals surface area (Å²) in [4.78, 5) is 23.5. The summed E-state index contributed by atoms with van der Waals surface area (Å²) in [5.41, 5.74) is 0.892. The molecule has 110 valence electrons. The number of halogens is 1. The number of benzene rings is 1. The number of amides is 2. The Labute approximate surface area is 124 Å². The first-order valence-corrected chi connectivity index (χ1v) is 6.62. The molecular formula is C14H20ClN3O2. The van der Waals surface area contributed by atoms with Gasteiger partial charge < -0.3 is 16.0 Å². The van der Waals surface area contributed by atoms with Crippen LogP contribution >= 0.6 is 12.4 Å². The fourth-order valence-electron chi connectivity index (χ4n) is 2.06. The zero-order chi connectivity index (χ0) is 13.5. The van der Waals surface area contributed by atoms with Gasteiger partial charge in [-0.05, 0) is 31.4 Å². The molecule has 2 amide bonds. The Bertz CT molecular complexity index is 439. The van der Waals surface area contributed by atoms with E-state index in [9.17, 15) is 9.59 Å². The standard InChI is InChI=1S/C14H19N3O2.ClH/c18-13(10-16-11-6-2-1-3-7-11)17-12-8-4-5-9-15-14(12)19;/h1-3,6-7,12,16H,4-5,8-10H2,(H,15,19)(H,17,18);1H. The molecule has 0 spiro atoms. The molecule has 1 aromatic rings. The lowest BCUT2D eigenvalue weighted by molar-refractivity contribution is -0.128. The van der Waals surface area contributed by atoms with Gasteiger partial charge in [0.05, 0.1) is 6.54 Å². The van der Waals surface area contributed by atoms with Gasteiger partial charge in [-0.15, -0.1) is 12.4 Å². The predicted molar refractivity (Wildman–Crippen MR) is 81.0 cm³/mol. The number of hydrogen-bond acceptors (Lipinski definition) is 3. The van der Waals surface area contributed by atoms with Crippen molar-refractivity contribution in [2.45, 2.75) is 25.3 Å². The van der Waals surface area contributed by atoms with E-state index in [4.69, 9.17) is 0 Å². The number of hydrogen-bond donors (Lipinski definition) is 3. The summed E-state index contributed by atoms with van der Waals surface area (Å²) >= 11 is 0. The van der Waals surface area contributed by atoms with Gasteiger partial charge in [0.1, 0.15) is 6.04 Å². The van der Waals surface area contributed by atoms with Crippen LogP contribution in [-0.4, -0.2) is 30.9 Å². The summed E-state index contributed by atoms with van der Waals surface area (Å²) in [5.74, 6) is -0.239. The van der Waals surface area contributed by atoms with E-state index in [2.05, 4.69) is 16.0 Å². The monoisotopic (exact) mass is 297 g/mol. The van der Waals surface area contributed by atoms with Crippen LogP contribution in [0.25, 0.3) is 0 Å². The van der Waals surface area contributed by atoms with Crippen molar-refractivity contribution in [1.82, 2.24) is 10.6 Å². The first kappa shape index (κ1) is 16.3. The van der Waals surface area contributed by atoms with Crippen molar-refractivity contribution in [3.05, 3.63) is 30.3 Å². The highest BCUT2D eigenvalue weighted by molar-refractivity contribution is 5.89. The lowest BCUT2D eigenvalue weighted by Gasteiger charge is -2.15. The highest BCUT2D eigenvalue weighted by Gasteiger charge is 2.21. The van der Waals surface area contributed by atoms with Crippen molar-refractivity contribution in [2.24, 2.45) is 0 Å². The second-order valence-electron chi connectivity index (χ2n) is 4.63. The molecule has 0 saturated carbocycles. The topological polar surface area (TPSA) is 70.2 Å². The van der Waals surface area contributed by atoms with Crippen LogP contribution in [0.4, 0.5) is 5.69 Å². The van der Waals surface area contributed by atoms with Gasteiger partial charge in [-0.2, -0.15) is 0 Å². The molecular weight excluding hydrogens is 278 g/mol. The summed E-state index contributed by atoms with van der Waals surface area (Å²) in [6.07, 6.45) is 2.64. The summed E-state index contributed by atoms with van der Waals surface area (Å²) in [6, 6.07) is 9.11. The van der Waals surface area contributed by atoms with Crippen molar-refractivity contribution >= 4 is 29.9 Å². The highest BCUT2D eigenvalue weighted by Crippen LogP contribution is 2.06. The molecule has 0 aromatic heterocycles. The minimum Gasteiger partial charge on any atom is -0.376 e. The van der Waals surface area contributed by atoms with E-state index in [-0.39, 0.29) is 30.8 Å². The fourth-order valence-corrected chi connectivity index (χ4v) is 2.06. The molecule has 6 heteroatoms. The Balaban J connectivity index is 0.00000200. The van der Waals surface area contributed by atoms with E-state index >= 15 is 0 Å². The third-order valence-corrected chi connectivity index (χ3v) is 3.10. The summed E-state index contributed by atoms with van der Waals surface area (Å²) in [7, 11) is 0. The van der Waals surface area contributed by atoms with Crippen LogP contribution in [0.15, 0.2) is 30.3 Å². The van der Waals surface area contributed by atoms with Crippen molar-refractivity contribution in [3.63, 3.8) is 0 Å². The smallest absolute Gasteiger partial charge is 0.242 e. The zero-order valence-electron chi connectivity index (χ0n) is 11.2. The SMILES string of the molecule is Cl.O=C(CNc1ccccc1)NC1CCCCNC1=O. The first-order chi connectivity index (χ1) is 9.25. The molecule has 1 aromatic carbocycles. The van der Waals surface area contributed by atoms with Crippen molar-refractivity contribution in [3.8, 4) is 0 Å². The van der Waals surface area contributed by atoms with Gasteiger partial charge >= 0.3 is 0 Å². The Kier molecular flexibility index (Phi) is 6.87. The molecule has 2 rings (SSSR count). The number of para-hydroxylation sites is 1. The number of rotatable bonds is 4. The normalized spacial score (nSPS) is 18.2. The van der Waals surface area contributed by atoms with Gasteiger partial charge in [0.25, 0.3) is 0 Å². The van der Waals surface area contributed by atoms with Gasteiger partial charge in [-0.25, -0.2) is 0 Å². The van der Waals surface area contributed by atoms with Crippen LogP contribution in [0.5, 0.6) is 0 Å². The first-order valence-electron chi connectivity index (χ1n) is 6.62. The van der Waals surface area contributed by atoms with Gasteiger partial charge in [0.2, 0.25) is 11.8 Å². The summed E-state index contributed by atoms with van der Waals surface area (Å²) in [5, 5.41) is 8.59. The molecule has 3 N–H and O–H groups in total. The van der Waals surface area contributed by atoms with Crippen molar-refractivity contribution < 1.29 is 9.59 Å². The third kappa shape index (κ3) is 5.09. The Morgan fingerprint density at radius 2 is 2.00 bits per heavy atom. The lowest BCUT2D eigenvalue weighted by atomic mass is 10.1. The van der Waals surface area contributed by atoms with Crippen molar-refractivity contribution in [1.29, 1.82) is 0 Å². The second-order valence-corrected chi connectivity index (χ2v) is 4.63. The molecule has 5 nitrogen and oxygen atoms in total. The predicted octanol–water partition coefficient (Wildman–Crippen LogP) is 1.31. The van der Waals surface area contributed by atoms with E-state index in [1.165, 1.54) is 0 Å². The van der Waals surface area contributed by atoms with Crippen molar-refractivity contribution in [2.75, 3.05) is 18.4 Å². The molecule has 1 unspecified atom stereocenters. The maximum Gasteiger partial charge on any atom is 0.242 e. The molecule has 1 fully saturated rings. The van der Waals surface area contributed by atoms with Crippen LogP contribution in [0.3, 0.4) is 0 Å². The maximum absolute atomic E-state index is 11.8. The molecule has 0 aliphatic carbocycles. The highest BCUT2D eigenvalue weighted by atomic mass is 35.5. The van der Waals surface area contributed by atoms with Gasteiger partial charge in [0.15, 0.2) is 0 Å². The molecule has 1 atom stereocenters. The minimum absolute atomic E-state index is 0. The third-order valence-electron chi connectivity index (χ3n) is 3.10. The van der Waals surface area contributed by atoms with Gasteiger partial charge in [0, 0.05) is 12.2 Å². The van der Waals surface area contributed by atoms with Crippen LogP contribution in [0.1, 0.15) is 19.3 Å². The second kappa shape index (κ2) is 8.43. The Morgan fingerprint density at radius 1 is 1.25 bits per heavy atom. The molecule has 1 aliphatic heterocycles. The molecule has 1 aliphatic rings. The van der Waals surface area contributed by atoms with E-state index in [0.29, 0.717) is 13.0 Å². The molecule has 1 heterocycles. The molecule has 0 bridgehead atoms. The molecule has 0 radical (unpaired) electrons. The van der Waals surface area contributed by atoms with Crippen LogP contribution < -0.4 is 16.0 Å². The Morgan fingerprint density at radius 3 is 2.75 bits per heavy atom. The lowest BCUT2D eigenvalue weighted by Crippen LogP contribution is -2.47.